The van der Waals surface area contributed by atoms with Gasteiger partial charge in [0.05, 0.1) is 0 Å². The summed E-state index contributed by atoms with van der Waals surface area (Å²) in [6.07, 6.45) is 9.54. The van der Waals surface area contributed by atoms with Crippen LogP contribution in [0.2, 0.25) is 0 Å². The topological polar surface area (TPSA) is 64.1 Å². The molecule has 0 saturated heterocycles. The van der Waals surface area contributed by atoms with E-state index in [1.165, 1.54) is 0 Å². The van der Waals surface area contributed by atoms with Crippen molar-refractivity contribution < 1.29 is 0 Å². The van der Waals surface area contributed by atoms with Crippen LogP contribution in [-0.4, -0.2) is 6.54 Å². The first-order chi connectivity index (χ1) is 7.86. The van der Waals surface area contributed by atoms with Gasteiger partial charge in [-0.15, -0.1) is 0 Å². The molecule has 0 saturated carbocycles. The van der Waals surface area contributed by atoms with Crippen molar-refractivity contribution in [2.24, 2.45) is 17.5 Å². The minimum atomic E-state index is 0.597. The van der Waals surface area contributed by atoms with Gasteiger partial charge < -0.3 is 11.2 Å². The average molecular weight is 217 g/mol. The normalized spacial score (nSPS) is 17.5. The van der Waals surface area contributed by atoms with Gasteiger partial charge in [0.15, 0.2) is 0 Å². The van der Waals surface area contributed by atoms with Crippen LogP contribution in [0.4, 0.5) is 5.69 Å². The fourth-order valence-electron chi connectivity index (χ4n) is 1.34. The molecular formula is C13H19N3. The fourth-order valence-corrected chi connectivity index (χ4v) is 1.34. The molecular weight excluding hydrogens is 198 g/mol. The van der Waals surface area contributed by atoms with E-state index in [-0.39, 0.29) is 0 Å². The van der Waals surface area contributed by atoms with Crippen molar-refractivity contribution >= 4 is 5.69 Å². The SMILES string of the molecule is NCC1C=CC=CC1.NNc1ccccc1. The van der Waals surface area contributed by atoms with E-state index in [1.54, 1.807) is 0 Å². The number of hydrazine groups is 1. The van der Waals surface area contributed by atoms with Gasteiger partial charge in [-0.25, -0.2) is 0 Å². The minimum absolute atomic E-state index is 0.597. The van der Waals surface area contributed by atoms with E-state index in [2.05, 4.69) is 29.7 Å². The Bertz CT molecular complexity index is 330. The lowest BCUT2D eigenvalue weighted by Gasteiger charge is -2.07. The number of anilines is 1. The van der Waals surface area contributed by atoms with Crippen molar-refractivity contribution in [3.05, 3.63) is 54.6 Å². The van der Waals surface area contributed by atoms with E-state index in [0.717, 1.165) is 18.7 Å². The second kappa shape index (κ2) is 7.68. The summed E-state index contributed by atoms with van der Waals surface area (Å²) in [5.74, 6) is 5.70. The van der Waals surface area contributed by atoms with Crippen LogP contribution in [0.5, 0.6) is 0 Å². The smallest absolute Gasteiger partial charge is 0.0485 e. The maximum Gasteiger partial charge on any atom is 0.0485 e. The highest BCUT2D eigenvalue weighted by Gasteiger charge is 1.99. The zero-order chi connectivity index (χ0) is 11.6. The first-order valence-corrected chi connectivity index (χ1v) is 5.42. The standard InChI is InChI=1S/C7H11N.C6H8N2/c8-6-7-4-2-1-3-5-7;7-8-6-4-2-1-3-5-6/h1-4,7H,5-6,8H2;1-5,8H,7H2. The zero-order valence-electron chi connectivity index (χ0n) is 9.34. The molecule has 2 rings (SSSR count). The molecule has 1 aromatic rings. The molecule has 0 fully saturated rings. The summed E-state index contributed by atoms with van der Waals surface area (Å²) in [5, 5.41) is 0. The Kier molecular flexibility index (Phi) is 5.99. The van der Waals surface area contributed by atoms with Crippen LogP contribution < -0.4 is 17.0 Å². The number of hydrogen-bond donors (Lipinski definition) is 3. The predicted molar refractivity (Wildman–Crippen MR) is 69.7 cm³/mol. The molecule has 1 aliphatic rings. The third-order valence-corrected chi connectivity index (χ3v) is 2.31. The number of hydrogen-bond acceptors (Lipinski definition) is 3. The molecule has 1 unspecified atom stereocenters. The molecule has 1 atom stereocenters. The molecule has 0 amide bonds. The summed E-state index contributed by atoms with van der Waals surface area (Å²) in [5.41, 5.74) is 8.88. The average Bonchev–Trinajstić information content (AvgIpc) is 2.41. The summed E-state index contributed by atoms with van der Waals surface area (Å²) in [7, 11) is 0. The molecule has 3 heteroatoms. The highest BCUT2D eigenvalue weighted by molar-refractivity contribution is 5.40. The van der Waals surface area contributed by atoms with E-state index in [1.807, 2.05) is 30.3 Å². The Hall–Kier alpha value is -1.58. The molecule has 0 spiro atoms. The summed E-state index contributed by atoms with van der Waals surface area (Å²) >= 11 is 0. The maximum absolute atomic E-state index is 5.42. The van der Waals surface area contributed by atoms with Crippen molar-refractivity contribution in [2.45, 2.75) is 6.42 Å². The van der Waals surface area contributed by atoms with Gasteiger partial charge in [0, 0.05) is 5.69 Å². The number of rotatable bonds is 2. The molecule has 0 aromatic heterocycles. The number of allylic oxidation sites excluding steroid dienone is 3. The minimum Gasteiger partial charge on any atom is -0.330 e. The van der Waals surface area contributed by atoms with E-state index in [9.17, 15) is 0 Å². The van der Waals surface area contributed by atoms with Crippen molar-refractivity contribution in [3.63, 3.8) is 0 Å². The fraction of sp³-hybridized carbons (Fsp3) is 0.231. The Morgan fingerprint density at radius 1 is 1.19 bits per heavy atom. The van der Waals surface area contributed by atoms with Crippen molar-refractivity contribution in [2.75, 3.05) is 12.0 Å². The molecule has 3 nitrogen and oxygen atoms in total. The number of benzene rings is 1. The molecule has 16 heavy (non-hydrogen) atoms. The Morgan fingerprint density at radius 3 is 2.31 bits per heavy atom. The lowest BCUT2D eigenvalue weighted by molar-refractivity contribution is 0.669. The second-order valence-electron chi connectivity index (χ2n) is 3.55. The zero-order valence-corrected chi connectivity index (χ0v) is 9.34. The van der Waals surface area contributed by atoms with Crippen molar-refractivity contribution in [1.82, 2.24) is 0 Å². The molecule has 0 bridgehead atoms. The van der Waals surface area contributed by atoms with Gasteiger partial charge in [-0.1, -0.05) is 42.5 Å². The molecule has 0 radical (unpaired) electrons. The molecule has 86 valence electrons. The molecule has 1 aromatic carbocycles. The molecule has 5 N–H and O–H groups in total. The van der Waals surface area contributed by atoms with Gasteiger partial charge in [0.2, 0.25) is 0 Å². The van der Waals surface area contributed by atoms with E-state index in [0.29, 0.717) is 5.92 Å². The van der Waals surface area contributed by atoms with Gasteiger partial charge in [0.25, 0.3) is 0 Å². The highest BCUT2D eigenvalue weighted by Crippen LogP contribution is 2.08. The highest BCUT2D eigenvalue weighted by atomic mass is 15.2. The second-order valence-corrected chi connectivity index (χ2v) is 3.55. The largest absolute Gasteiger partial charge is 0.330 e. The number of nitrogens with one attached hydrogen (secondary N) is 1. The monoisotopic (exact) mass is 217 g/mol. The van der Waals surface area contributed by atoms with E-state index in [4.69, 9.17) is 11.6 Å². The van der Waals surface area contributed by atoms with Gasteiger partial charge in [-0.2, -0.15) is 0 Å². The third kappa shape index (κ3) is 4.77. The third-order valence-electron chi connectivity index (χ3n) is 2.31. The Balaban J connectivity index is 0.000000160. The van der Waals surface area contributed by atoms with Crippen molar-refractivity contribution in [3.8, 4) is 0 Å². The van der Waals surface area contributed by atoms with Crippen LogP contribution in [0.3, 0.4) is 0 Å². The lowest BCUT2D eigenvalue weighted by atomic mass is 10.0. The van der Waals surface area contributed by atoms with Gasteiger partial charge in [0.1, 0.15) is 0 Å². The van der Waals surface area contributed by atoms with E-state index >= 15 is 0 Å². The summed E-state index contributed by atoms with van der Waals surface area (Å²) in [6, 6.07) is 9.60. The number of nitrogens with two attached hydrogens (primary N) is 2. The molecule has 0 aliphatic heterocycles. The van der Waals surface area contributed by atoms with E-state index < -0.39 is 0 Å². The maximum atomic E-state index is 5.42. The Morgan fingerprint density at radius 2 is 1.94 bits per heavy atom. The van der Waals surface area contributed by atoms with Crippen LogP contribution in [0.15, 0.2) is 54.6 Å². The van der Waals surface area contributed by atoms with Crippen LogP contribution in [0.1, 0.15) is 6.42 Å². The van der Waals surface area contributed by atoms with Crippen LogP contribution in [0, 0.1) is 5.92 Å². The Labute approximate surface area is 96.8 Å². The number of nitrogen functional groups attached to an aromatic ring is 1. The van der Waals surface area contributed by atoms with Crippen LogP contribution in [-0.2, 0) is 0 Å². The molecule has 0 heterocycles. The van der Waals surface area contributed by atoms with Gasteiger partial charge >= 0.3 is 0 Å². The van der Waals surface area contributed by atoms with Gasteiger partial charge in [-0.05, 0) is 31.0 Å². The summed E-state index contributed by atoms with van der Waals surface area (Å²) in [4.78, 5) is 0. The molecule has 1 aliphatic carbocycles. The number of para-hydroxylation sites is 1. The van der Waals surface area contributed by atoms with Crippen LogP contribution in [0.25, 0.3) is 0 Å². The predicted octanol–water partition coefficient (Wildman–Crippen LogP) is 2.05. The quantitative estimate of drug-likeness (QED) is 0.525. The van der Waals surface area contributed by atoms with Crippen LogP contribution >= 0.6 is 0 Å². The summed E-state index contributed by atoms with van der Waals surface area (Å²) < 4.78 is 0. The summed E-state index contributed by atoms with van der Waals surface area (Å²) in [6.45, 7) is 0.779. The first-order valence-electron chi connectivity index (χ1n) is 5.42. The first kappa shape index (κ1) is 12.5. The lowest BCUT2D eigenvalue weighted by Crippen LogP contribution is -2.11. The van der Waals surface area contributed by atoms with Gasteiger partial charge in [-0.3, -0.25) is 5.84 Å². The van der Waals surface area contributed by atoms with Crippen molar-refractivity contribution in [1.29, 1.82) is 0 Å².